The molecule has 0 saturated carbocycles. The van der Waals surface area contributed by atoms with Gasteiger partial charge in [0.1, 0.15) is 0 Å². The number of aromatic nitrogens is 3. The summed E-state index contributed by atoms with van der Waals surface area (Å²) in [6.07, 6.45) is 3.08. The van der Waals surface area contributed by atoms with Gasteiger partial charge in [0.15, 0.2) is 0 Å². The van der Waals surface area contributed by atoms with Gasteiger partial charge < -0.3 is 0 Å². The van der Waals surface area contributed by atoms with Crippen molar-refractivity contribution in [1.29, 1.82) is 0 Å². The molecular formula is C10H8Cl3N3. The van der Waals surface area contributed by atoms with Crippen molar-refractivity contribution < 1.29 is 0 Å². The summed E-state index contributed by atoms with van der Waals surface area (Å²) in [5, 5.41) is 11.9. The molecule has 0 spiro atoms. The zero-order valence-electron chi connectivity index (χ0n) is 8.17. The molecule has 0 atom stereocenters. The highest BCUT2D eigenvalue weighted by Gasteiger charge is 2.10. The van der Waals surface area contributed by atoms with Gasteiger partial charge in [-0.05, 0) is 30.5 Å². The Hall–Kier alpha value is -0.770. The van der Waals surface area contributed by atoms with Crippen LogP contribution in [-0.4, -0.2) is 15.4 Å². The molecule has 6 heteroatoms. The number of rotatable bonds is 3. The van der Waals surface area contributed by atoms with E-state index in [4.69, 9.17) is 34.8 Å². The lowest BCUT2D eigenvalue weighted by Crippen LogP contribution is -1.94. The lowest BCUT2D eigenvalue weighted by atomic mass is 10.1. The molecule has 0 fully saturated rings. The van der Waals surface area contributed by atoms with Crippen molar-refractivity contribution in [1.82, 2.24) is 15.4 Å². The van der Waals surface area contributed by atoms with E-state index in [9.17, 15) is 0 Å². The molecule has 0 bridgehead atoms. The lowest BCUT2D eigenvalue weighted by molar-refractivity contribution is 0.871. The molecule has 0 saturated heterocycles. The minimum atomic E-state index is 0.512. The number of aryl methyl sites for hydroxylation is 1. The van der Waals surface area contributed by atoms with E-state index in [2.05, 4.69) is 15.4 Å². The molecule has 0 amide bonds. The van der Waals surface area contributed by atoms with Gasteiger partial charge >= 0.3 is 0 Å². The van der Waals surface area contributed by atoms with Gasteiger partial charge in [0, 0.05) is 5.02 Å². The average molecular weight is 277 g/mol. The summed E-state index contributed by atoms with van der Waals surface area (Å²) in [5.74, 6) is 0. The molecule has 1 N–H and O–H groups in total. The van der Waals surface area contributed by atoms with Crippen molar-refractivity contribution in [3.05, 3.63) is 44.7 Å². The van der Waals surface area contributed by atoms with E-state index in [-0.39, 0.29) is 0 Å². The second kappa shape index (κ2) is 5.04. The molecule has 0 aliphatic carbocycles. The Morgan fingerprint density at radius 3 is 2.50 bits per heavy atom. The summed E-state index contributed by atoms with van der Waals surface area (Å²) in [4.78, 5) is 0. The molecular weight excluding hydrogens is 268 g/mol. The Bertz CT molecular complexity index is 482. The van der Waals surface area contributed by atoms with Crippen LogP contribution in [0.5, 0.6) is 0 Å². The molecule has 16 heavy (non-hydrogen) atoms. The molecule has 0 aliphatic rings. The van der Waals surface area contributed by atoms with E-state index < -0.39 is 0 Å². The molecule has 0 aliphatic heterocycles. The van der Waals surface area contributed by atoms with Gasteiger partial charge in [-0.15, -0.1) is 0 Å². The molecule has 2 rings (SSSR count). The Morgan fingerprint density at radius 1 is 1.06 bits per heavy atom. The van der Waals surface area contributed by atoms with Crippen molar-refractivity contribution in [2.45, 2.75) is 12.8 Å². The molecule has 0 radical (unpaired) electrons. The maximum absolute atomic E-state index is 6.08. The second-order valence-electron chi connectivity index (χ2n) is 3.28. The molecule has 1 aromatic heterocycles. The Balaban J connectivity index is 2.18. The largest absolute Gasteiger partial charge is 0.198 e. The number of halogens is 3. The number of nitrogens with zero attached hydrogens (tertiary/aromatic N) is 2. The highest BCUT2D eigenvalue weighted by atomic mass is 35.5. The van der Waals surface area contributed by atoms with Gasteiger partial charge in [-0.1, -0.05) is 34.8 Å². The zero-order valence-corrected chi connectivity index (χ0v) is 10.4. The van der Waals surface area contributed by atoms with Crippen LogP contribution in [0.2, 0.25) is 15.1 Å². The Labute approximate surface area is 108 Å². The van der Waals surface area contributed by atoms with E-state index in [0.717, 1.165) is 17.7 Å². The van der Waals surface area contributed by atoms with Crippen LogP contribution in [0, 0.1) is 0 Å². The third-order valence-electron chi connectivity index (χ3n) is 2.23. The van der Waals surface area contributed by atoms with Gasteiger partial charge in [0.2, 0.25) is 0 Å². The zero-order chi connectivity index (χ0) is 11.5. The molecule has 1 heterocycles. The number of H-pyrrole nitrogens is 1. The maximum atomic E-state index is 6.08. The Kier molecular flexibility index (Phi) is 3.69. The fraction of sp³-hybridized carbons (Fsp3) is 0.200. The average Bonchev–Trinajstić information content (AvgIpc) is 2.77. The van der Waals surface area contributed by atoms with Gasteiger partial charge in [-0.25, -0.2) is 0 Å². The van der Waals surface area contributed by atoms with E-state index in [1.165, 1.54) is 0 Å². The summed E-state index contributed by atoms with van der Waals surface area (Å²) >= 11 is 18.1. The normalized spacial score (nSPS) is 10.7. The van der Waals surface area contributed by atoms with Gasteiger partial charge in [0.25, 0.3) is 0 Å². The van der Waals surface area contributed by atoms with Crippen LogP contribution in [0.3, 0.4) is 0 Å². The van der Waals surface area contributed by atoms with Crippen LogP contribution in [0.1, 0.15) is 11.3 Å². The molecule has 3 nitrogen and oxygen atoms in total. The van der Waals surface area contributed by atoms with Crippen LogP contribution in [0.25, 0.3) is 0 Å². The Morgan fingerprint density at radius 2 is 1.81 bits per heavy atom. The number of benzene rings is 1. The summed E-state index contributed by atoms with van der Waals surface area (Å²) in [5.41, 5.74) is 1.71. The minimum Gasteiger partial charge on any atom is -0.198 e. The maximum Gasteiger partial charge on any atom is 0.0828 e. The topological polar surface area (TPSA) is 41.6 Å². The van der Waals surface area contributed by atoms with E-state index in [1.807, 2.05) is 0 Å². The van der Waals surface area contributed by atoms with Crippen molar-refractivity contribution in [3.63, 3.8) is 0 Å². The van der Waals surface area contributed by atoms with E-state index >= 15 is 0 Å². The van der Waals surface area contributed by atoms with Gasteiger partial charge in [-0.2, -0.15) is 15.4 Å². The van der Waals surface area contributed by atoms with Gasteiger partial charge in [-0.3, -0.25) is 0 Å². The number of aromatic amines is 1. The van der Waals surface area contributed by atoms with E-state index in [0.29, 0.717) is 21.5 Å². The van der Waals surface area contributed by atoms with Crippen molar-refractivity contribution in [3.8, 4) is 0 Å². The van der Waals surface area contributed by atoms with Crippen LogP contribution in [-0.2, 0) is 12.8 Å². The van der Waals surface area contributed by atoms with E-state index in [1.54, 1.807) is 18.3 Å². The van der Waals surface area contributed by atoms with Crippen LogP contribution >= 0.6 is 34.8 Å². The number of hydrogen-bond acceptors (Lipinski definition) is 2. The fourth-order valence-corrected chi connectivity index (χ4v) is 2.13. The summed E-state index contributed by atoms with van der Waals surface area (Å²) in [6.45, 7) is 0. The highest BCUT2D eigenvalue weighted by Crippen LogP contribution is 2.32. The predicted molar refractivity (Wildman–Crippen MR) is 65.3 cm³/mol. The third-order valence-corrected chi connectivity index (χ3v) is 3.43. The predicted octanol–water partition coefficient (Wildman–Crippen LogP) is 3.55. The number of nitrogens with one attached hydrogen (secondary N) is 1. The minimum absolute atomic E-state index is 0.512. The second-order valence-corrected chi connectivity index (χ2v) is 4.48. The SMILES string of the molecule is Clc1ccc(Cl)c(CCc2cn[nH]n2)c1Cl. The van der Waals surface area contributed by atoms with Gasteiger partial charge in [0.05, 0.1) is 21.9 Å². The van der Waals surface area contributed by atoms with Crippen LogP contribution in [0.15, 0.2) is 18.3 Å². The first kappa shape index (κ1) is 11.7. The molecule has 84 valence electrons. The van der Waals surface area contributed by atoms with Crippen LogP contribution < -0.4 is 0 Å². The molecule has 1 aromatic carbocycles. The first-order chi connectivity index (χ1) is 7.68. The fourth-order valence-electron chi connectivity index (χ4n) is 1.40. The summed E-state index contributed by atoms with van der Waals surface area (Å²) < 4.78 is 0. The smallest absolute Gasteiger partial charge is 0.0828 e. The van der Waals surface area contributed by atoms with Crippen molar-refractivity contribution >= 4 is 34.8 Å². The molecule has 0 unspecified atom stereocenters. The summed E-state index contributed by atoms with van der Waals surface area (Å²) in [7, 11) is 0. The quantitative estimate of drug-likeness (QED) is 0.871. The first-order valence-corrected chi connectivity index (χ1v) is 5.79. The standard InChI is InChI=1S/C10H8Cl3N3/c11-8-3-4-9(12)10(13)7(8)2-1-6-5-14-16-15-6/h3-5H,1-2H2,(H,14,15,16). The van der Waals surface area contributed by atoms with Crippen molar-refractivity contribution in [2.75, 3.05) is 0 Å². The summed E-state index contributed by atoms with van der Waals surface area (Å²) in [6, 6.07) is 3.43. The first-order valence-electron chi connectivity index (χ1n) is 4.65. The number of hydrogen-bond donors (Lipinski definition) is 1. The van der Waals surface area contributed by atoms with Crippen molar-refractivity contribution in [2.24, 2.45) is 0 Å². The highest BCUT2D eigenvalue weighted by molar-refractivity contribution is 6.44. The lowest BCUT2D eigenvalue weighted by Gasteiger charge is -2.07. The molecule has 2 aromatic rings. The monoisotopic (exact) mass is 275 g/mol. The van der Waals surface area contributed by atoms with Crippen LogP contribution in [0.4, 0.5) is 0 Å². The third kappa shape index (κ3) is 2.48.